The zero-order chi connectivity index (χ0) is 19.7. The number of carbonyl (C=O) groups excluding carboxylic acids is 2. The fraction of sp³-hybridized carbons (Fsp3) is 0.0500. The first-order valence-corrected chi connectivity index (χ1v) is 9.50. The number of pyridine rings is 1. The number of hydrogen-bond donors (Lipinski definition) is 1. The molecule has 1 aromatic carbocycles. The van der Waals surface area contributed by atoms with E-state index in [2.05, 4.69) is 4.98 Å². The summed E-state index contributed by atoms with van der Waals surface area (Å²) < 4.78 is 7.54. The van der Waals surface area contributed by atoms with E-state index >= 15 is 0 Å². The van der Waals surface area contributed by atoms with Gasteiger partial charge in [-0.05, 0) is 36.4 Å². The van der Waals surface area contributed by atoms with Gasteiger partial charge >= 0.3 is 0 Å². The van der Waals surface area contributed by atoms with Gasteiger partial charge in [0.25, 0.3) is 5.91 Å². The molecule has 0 aliphatic carbocycles. The van der Waals surface area contributed by atoms with Gasteiger partial charge in [0.2, 0.25) is 0 Å². The Labute approximate surface area is 169 Å². The van der Waals surface area contributed by atoms with Crippen LogP contribution in [0.2, 0.25) is 5.02 Å². The molecule has 6 nitrogen and oxygen atoms in total. The zero-order valence-electron chi connectivity index (χ0n) is 14.5. The monoisotopic (exact) mass is 411 g/mol. The maximum Gasteiger partial charge on any atom is 0.262 e. The van der Waals surface area contributed by atoms with Crippen LogP contribution in [0.3, 0.4) is 0 Å². The van der Waals surface area contributed by atoms with E-state index < -0.39 is 5.91 Å². The van der Waals surface area contributed by atoms with Crippen LogP contribution in [-0.4, -0.2) is 27.7 Å². The standard InChI is InChI=1S/C20H14ClN3O3S/c21-13-6-4-12(5-7-13)15(25)11-27-16-9-17(28-19(16)20(22)26)14-10-23-18-3-1-2-8-24(14)18/h1-10H,11H2,(H2,22,26). The molecule has 0 fully saturated rings. The number of benzene rings is 1. The normalized spacial score (nSPS) is 10.9. The highest BCUT2D eigenvalue weighted by Crippen LogP contribution is 2.36. The lowest BCUT2D eigenvalue weighted by molar-refractivity contribution is 0.0913. The van der Waals surface area contributed by atoms with Crippen LogP contribution in [0.4, 0.5) is 0 Å². The Hall–Kier alpha value is -3.16. The predicted molar refractivity (Wildman–Crippen MR) is 108 cm³/mol. The van der Waals surface area contributed by atoms with Gasteiger partial charge in [-0.15, -0.1) is 11.3 Å². The molecule has 0 saturated carbocycles. The molecule has 2 N–H and O–H groups in total. The fourth-order valence-electron chi connectivity index (χ4n) is 2.76. The Kier molecular flexibility index (Phi) is 4.85. The van der Waals surface area contributed by atoms with Crippen molar-refractivity contribution in [2.75, 3.05) is 6.61 Å². The molecule has 4 aromatic rings. The third-order valence-electron chi connectivity index (χ3n) is 4.12. The summed E-state index contributed by atoms with van der Waals surface area (Å²) in [4.78, 5) is 29.5. The Morgan fingerprint density at radius 1 is 1.18 bits per heavy atom. The van der Waals surface area contributed by atoms with Crippen LogP contribution < -0.4 is 10.5 Å². The Bertz CT molecular complexity index is 1180. The molecule has 0 saturated heterocycles. The quantitative estimate of drug-likeness (QED) is 0.484. The number of fused-ring (bicyclic) bond motifs is 1. The Morgan fingerprint density at radius 3 is 2.71 bits per heavy atom. The number of carbonyl (C=O) groups is 2. The van der Waals surface area contributed by atoms with E-state index in [-0.39, 0.29) is 23.0 Å². The molecule has 1 amide bonds. The van der Waals surface area contributed by atoms with Crippen molar-refractivity contribution in [1.29, 1.82) is 0 Å². The minimum atomic E-state index is -0.612. The molecule has 4 rings (SSSR count). The van der Waals surface area contributed by atoms with E-state index in [1.807, 2.05) is 28.8 Å². The van der Waals surface area contributed by atoms with Crippen molar-refractivity contribution in [3.63, 3.8) is 0 Å². The lowest BCUT2D eigenvalue weighted by atomic mass is 10.1. The molecule has 3 heterocycles. The molecule has 8 heteroatoms. The van der Waals surface area contributed by atoms with Crippen LogP contribution in [0.25, 0.3) is 16.2 Å². The molecule has 3 aromatic heterocycles. The van der Waals surface area contributed by atoms with Crippen molar-refractivity contribution in [2.45, 2.75) is 0 Å². The van der Waals surface area contributed by atoms with Crippen molar-refractivity contribution in [3.05, 3.63) is 76.4 Å². The van der Waals surface area contributed by atoms with Gasteiger partial charge in [-0.2, -0.15) is 0 Å². The SMILES string of the molecule is NC(=O)c1sc(-c2cnc3ccccn23)cc1OCC(=O)c1ccc(Cl)cc1. The molecule has 0 radical (unpaired) electrons. The number of ketones is 1. The predicted octanol–water partition coefficient (Wildman–Crippen LogP) is 4.08. The largest absolute Gasteiger partial charge is 0.484 e. The molecule has 0 spiro atoms. The average Bonchev–Trinajstić information content (AvgIpc) is 3.30. The Morgan fingerprint density at radius 2 is 1.96 bits per heavy atom. The highest BCUT2D eigenvalue weighted by atomic mass is 35.5. The smallest absolute Gasteiger partial charge is 0.262 e. The zero-order valence-corrected chi connectivity index (χ0v) is 16.0. The van der Waals surface area contributed by atoms with Crippen molar-refractivity contribution >= 4 is 40.3 Å². The topological polar surface area (TPSA) is 86.7 Å². The molecular weight excluding hydrogens is 398 g/mol. The molecule has 0 aliphatic heterocycles. The molecule has 140 valence electrons. The van der Waals surface area contributed by atoms with Crippen LogP contribution in [-0.2, 0) is 0 Å². The summed E-state index contributed by atoms with van der Waals surface area (Å²) >= 11 is 7.04. The number of nitrogens with two attached hydrogens (primary N) is 1. The maximum absolute atomic E-state index is 12.3. The Balaban J connectivity index is 1.61. The summed E-state index contributed by atoms with van der Waals surface area (Å²) in [5.74, 6) is -0.561. The molecule has 0 unspecified atom stereocenters. The molecule has 0 aliphatic rings. The second-order valence-corrected chi connectivity index (χ2v) is 7.45. The first-order valence-electron chi connectivity index (χ1n) is 8.30. The van der Waals surface area contributed by atoms with Gasteiger partial charge in [0.05, 0.1) is 16.8 Å². The number of imidazole rings is 1. The number of thiophene rings is 1. The average molecular weight is 412 g/mol. The van der Waals surface area contributed by atoms with E-state index in [9.17, 15) is 9.59 Å². The number of primary amides is 1. The minimum absolute atomic E-state index is 0.217. The van der Waals surface area contributed by atoms with Gasteiger partial charge in [-0.25, -0.2) is 4.98 Å². The lowest BCUT2D eigenvalue weighted by Gasteiger charge is -2.05. The number of rotatable bonds is 6. The molecule has 28 heavy (non-hydrogen) atoms. The van der Waals surface area contributed by atoms with Gasteiger partial charge < -0.3 is 10.5 Å². The second kappa shape index (κ2) is 7.46. The number of amides is 1. The van der Waals surface area contributed by atoms with Crippen molar-refractivity contribution < 1.29 is 14.3 Å². The number of aromatic nitrogens is 2. The summed E-state index contributed by atoms with van der Waals surface area (Å²) in [5.41, 5.74) is 7.56. The first kappa shape index (κ1) is 18.2. The molecule has 0 atom stereocenters. The van der Waals surface area contributed by atoms with E-state index in [4.69, 9.17) is 22.1 Å². The van der Waals surface area contributed by atoms with Crippen molar-refractivity contribution in [2.24, 2.45) is 5.73 Å². The summed E-state index contributed by atoms with van der Waals surface area (Å²) in [6.07, 6.45) is 3.60. The van der Waals surface area contributed by atoms with Crippen molar-refractivity contribution in [1.82, 2.24) is 9.38 Å². The van der Waals surface area contributed by atoms with Crippen LogP contribution >= 0.6 is 22.9 Å². The molecule has 0 bridgehead atoms. The highest BCUT2D eigenvalue weighted by molar-refractivity contribution is 7.17. The van der Waals surface area contributed by atoms with Crippen molar-refractivity contribution in [3.8, 4) is 16.3 Å². The van der Waals surface area contributed by atoms with Gasteiger partial charge in [0, 0.05) is 22.8 Å². The highest BCUT2D eigenvalue weighted by Gasteiger charge is 2.19. The number of nitrogens with zero attached hydrogens (tertiary/aromatic N) is 2. The van der Waals surface area contributed by atoms with E-state index in [1.165, 1.54) is 11.3 Å². The van der Waals surface area contributed by atoms with Crippen LogP contribution in [0.15, 0.2) is 60.9 Å². The van der Waals surface area contributed by atoms with Gasteiger partial charge in [-0.3, -0.25) is 14.0 Å². The lowest BCUT2D eigenvalue weighted by Crippen LogP contribution is -2.14. The van der Waals surface area contributed by atoms with Gasteiger partial charge in [-0.1, -0.05) is 17.7 Å². The molecular formula is C20H14ClN3O3S. The number of Topliss-reactive ketones (excluding diaryl/α,β-unsaturated/α-hetero) is 1. The van der Waals surface area contributed by atoms with E-state index in [1.54, 1.807) is 36.5 Å². The number of halogens is 1. The van der Waals surface area contributed by atoms with E-state index in [0.29, 0.717) is 10.6 Å². The number of hydrogen-bond acceptors (Lipinski definition) is 5. The fourth-order valence-corrected chi connectivity index (χ4v) is 3.84. The number of ether oxygens (including phenoxy) is 1. The maximum atomic E-state index is 12.3. The summed E-state index contributed by atoms with van der Waals surface area (Å²) in [5, 5.41) is 0.545. The third kappa shape index (κ3) is 3.49. The minimum Gasteiger partial charge on any atom is -0.484 e. The van der Waals surface area contributed by atoms with Crippen LogP contribution in [0.5, 0.6) is 5.75 Å². The van der Waals surface area contributed by atoms with Gasteiger partial charge in [0.1, 0.15) is 16.3 Å². The summed E-state index contributed by atoms with van der Waals surface area (Å²) in [6.45, 7) is -0.217. The van der Waals surface area contributed by atoms with Crippen LogP contribution in [0.1, 0.15) is 20.0 Å². The third-order valence-corrected chi connectivity index (χ3v) is 5.52. The van der Waals surface area contributed by atoms with Crippen LogP contribution in [0, 0.1) is 0 Å². The summed E-state index contributed by atoms with van der Waals surface area (Å²) in [7, 11) is 0. The van der Waals surface area contributed by atoms with Gasteiger partial charge in [0.15, 0.2) is 12.4 Å². The first-order chi connectivity index (χ1) is 13.5. The second-order valence-electron chi connectivity index (χ2n) is 5.96. The summed E-state index contributed by atoms with van der Waals surface area (Å²) in [6, 6.07) is 13.9. The van der Waals surface area contributed by atoms with E-state index in [0.717, 1.165) is 16.2 Å².